The number of halogens is 2. The number of carbonyl (C=O) groups is 1. The lowest BCUT2D eigenvalue weighted by Gasteiger charge is -2.34. The summed E-state index contributed by atoms with van der Waals surface area (Å²) >= 11 is 0. The number of nitrogens with zero attached hydrogens (tertiary/aromatic N) is 2. The molecule has 1 aliphatic rings. The van der Waals surface area contributed by atoms with Crippen LogP contribution in [-0.4, -0.2) is 49.6 Å². The van der Waals surface area contributed by atoms with Crippen LogP contribution >= 0.6 is 0 Å². The lowest BCUT2D eigenvalue weighted by atomic mass is 9.98. The van der Waals surface area contributed by atoms with E-state index in [9.17, 15) is 13.6 Å². The molecule has 0 saturated carbocycles. The van der Waals surface area contributed by atoms with Crippen molar-refractivity contribution in [1.82, 2.24) is 10.2 Å². The molecule has 1 heterocycles. The van der Waals surface area contributed by atoms with Gasteiger partial charge < -0.3 is 15.0 Å². The number of hydrogen-bond acceptors (Lipinski definition) is 3. The highest BCUT2D eigenvalue weighted by molar-refractivity contribution is 5.81. The Balaban J connectivity index is 2.01. The molecule has 1 N–H and O–H groups in total. The molecule has 1 saturated heterocycles. The Hall–Kier alpha value is -2.18. The van der Waals surface area contributed by atoms with E-state index in [2.05, 4.69) is 10.3 Å². The molecule has 1 atom stereocenters. The van der Waals surface area contributed by atoms with Crippen molar-refractivity contribution >= 4 is 11.9 Å². The molecule has 0 amide bonds. The number of carbonyl (C=O) groups excluding carboxylic acids is 1. The van der Waals surface area contributed by atoms with Crippen LogP contribution in [0.1, 0.15) is 32.3 Å². The summed E-state index contributed by atoms with van der Waals surface area (Å²) in [7, 11) is 0. The molecular formula is C19H27F2N3O2. The van der Waals surface area contributed by atoms with Gasteiger partial charge in [-0.1, -0.05) is 12.1 Å². The monoisotopic (exact) mass is 367 g/mol. The third-order valence-corrected chi connectivity index (χ3v) is 4.35. The summed E-state index contributed by atoms with van der Waals surface area (Å²) in [6.07, 6.45) is 2.00. The van der Waals surface area contributed by atoms with Crippen LogP contribution in [0, 0.1) is 17.6 Å². The fourth-order valence-corrected chi connectivity index (χ4v) is 3.07. The SMILES string of the molecule is CCNC(=NCCc1cccc(F)c1F)N1CCC[C@H](C(=O)OCC)C1. The van der Waals surface area contributed by atoms with E-state index >= 15 is 0 Å². The minimum Gasteiger partial charge on any atom is -0.466 e. The lowest BCUT2D eigenvalue weighted by molar-refractivity contribution is -0.149. The summed E-state index contributed by atoms with van der Waals surface area (Å²) in [5, 5.41) is 3.21. The molecule has 0 unspecified atom stereocenters. The second-order valence-corrected chi connectivity index (χ2v) is 6.24. The van der Waals surface area contributed by atoms with Crippen LogP contribution in [-0.2, 0) is 16.0 Å². The van der Waals surface area contributed by atoms with Gasteiger partial charge in [0.05, 0.1) is 12.5 Å². The Bertz CT molecular complexity index is 637. The molecule has 0 aliphatic carbocycles. The summed E-state index contributed by atoms with van der Waals surface area (Å²) in [6.45, 7) is 6.53. The number of aliphatic imine (C=N–C) groups is 1. The van der Waals surface area contributed by atoms with Crippen molar-refractivity contribution in [3.8, 4) is 0 Å². The summed E-state index contributed by atoms with van der Waals surface area (Å²) in [4.78, 5) is 18.6. The first kappa shape index (κ1) is 20.1. The van der Waals surface area contributed by atoms with Crippen molar-refractivity contribution in [2.24, 2.45) is 10.9 Å². The van der Waals surface area contributed by atoms with Gasteiger partial charge in [0.1, 0.15) is 0 Å². The number of hydrogen-bond donors (Lipinski definition) is 1. The average Bonchev–Trinajstić information content (AvgIpc) is 2.64. The van der Waals surface area contributed by atoms with Gasteiger partial charge >= 0.3 is 5.97 Å². The van der Waals surface area contributed by atoms with Crippen molar-refractivity contribution in [1.29, 1.82) is 0 Å². The highest BCUT2D eigenvalue weighted by Gasteiger charge is 2.28. The van der Waals surface area contributed by atoms with Crippen LogP contribution in [0.5, 0.6) is 0 Å². The van der Waals surface area contributed by atoms with E-state index in [1.165, 1.54) is 6.07 Å². The normalized spacial score (nSPS) is 17.9. The molecule has 1 fully saturated rings. The highest BCUT2D eigenvalue weighted by Crippen LogP contribution is 2.18. The molecular weight excluding hydrogens is 340 g/mol. The van der Waals surface area contributed by atoms with E-state index in [-0.39, 0.29) is 11.9 Å². The van der Waals surface area contributed by atoms with E-state index < -0.39 is 11.6 Å². The van der Waals surface area contributed by atoms with Gasteiger partial charge in [-0.2, -0.15) is 0 Å². The number of piperidine rings is 1. The summed E-state index contributed by atoms with van der Waals surface area (Å²) in [5.41, 5.74) is 0.313. The number of benzene rings is 1. The molecule has 1 aromatic rings. The molecule has 5 nitrogen and oxygen atoms in total. The zero-order chi connectivity index (χ0) is 18.9. The Morgan fingerprint density at radius 3 is 2.92 bits per heavy atom. The maximum absolute atomic E-state index is 13.7. The van der Waals surface area contributed by atoms with Crippen molar-refractivity contribution in [3.63, 3.8) is 0 Å². The second kappa shape index (κ2) is 10.1. The molecule has 144 valence electrons. The molecule has 0 aromatic heterocycles. The van der Waals surface area contributed by atoms with Crippen molar-refractivity contribution in [3.05, 3.63) is 35.4 Å². The van der Waals surface area contributed by atoms with Crippen LogP contribution in [0.25, 0.3) is 0 Å². The fourth-order valence-electron chi connectivity index (χ4n) is 3.07. The average molecular weight is 367 g/mol. The van der Waals surface area contributed by atoms with Crippen LogP contribution in [0.3, 0.4) is 0 Å². The third-order valence-electron chi connectivity index (χ3n) is 4.35. The van der Waals surface area contributed by atoms with Crippen LogP contribution in [0.15, 0.2) is 23.2 Å². The standard InChI is InChI=1S/C19H27F2N3O2/c1-3-22-19(23-11-10-14-7-5-9-16(20)17(14)21)24-12-6-8-15(13-24)18(25)26-4-2/h5,7,9,15H,3-4,6,8,10-13H2,1-2H3,(H,22,23)/t15-/m0/s1. The smallest absolute Gasteiger partial charge is 0.310 e. The maximum Gasteiger partial charge on any atom is 0.310 e. The molecule has 0 spiro atoms. The van der Waals surface area contributed by atoms with E-state index in [1.54, 1.807) is 13.0 Å². The van der Waals surface area contributed by atoms with Crippen LogP contribution in [0.2, 0.25) is 0 Å². The Kier molecular flexibility index (Phi) is 7.81. The number of ether oxygens (including phenoxy) is 1. The summed E-state index contributed by atoms with van der Waals surface area (Å²) < 4.78 is 32.2. The zero-order valence-corrected chi connectivity index (χ0v) is 15.4. The largest absolute Gasteiger partial charge is 0.466 e. The number of esters is 1. The van der Waals surface area contributed by atoms with Gasteiger partial charge in [-0.3, -0.25) is 9.79 Å². The molecule has 0 bridgehead atoms. The first-order valence-corrected chi connectivity index (χ1v) is 9.19. The summed E-state index contributed by atoms with van der Waals surface area (Å²) in [6, 6.07) is 4.17. The Labute approximate surface area is 153 Å². The van der Waals surface area contributed by atoms with Crippen LogP contribution in [0.4, 0.5) is 8.78 Å². The van der Waals surface area contributed by atoms with Crippen molar-refractivity contribution in [2.45, 2.75) is 33.1 Å². The van der Waals surface area contributed by atoms with Crippen molar-refractivity contribution in [2.75, 3.05) is 32.8 Å². The molecule has 2 rings (SSSR count). The van der Waals surface area contributed by atoms with E-state index in [0.717, 1.165) is 25.5 Å². The Morgan fingerprint density at radius 2 is 2.19 bits per heavy atom. The van der Waals surface area contributed by atoms with Gasteiger partial charge in [0, 0.05) is 26.2 Å². The van der Waals surface area contributed by atoms with Gasteiger partial charge in [0.25, 0.3) is 0 Å². The Morgan fingerprint density at radius 1 is 1.38 bits per heavy atom. The zero-order valence-electron chi connectivity index (χ0n) is 15.4. The van der Waals surface area contributed by atoms with Crippen LogP contribution < -0.4 is 5.32 Å². The fraction of sp³-hybridized carbons (Fsp3) is 0.579. The first-order chi connectivity index (χ1) is 12.6. The van der Waals surface area contributed by atoms with Gasteiger partial charge in [0.15, 0.2) is 17.6 Å². The maximum atomic E-state index is 13.7. The number of nitrogens with one attached hydrogen (secondary N) is 1. The predicted molar refractivity (Wildman–Crippen MR) is 97.0 cm³/mol. The topological polar surface area (TPSA) is 53.9 Å². The first-order valence-electron chi connectivity index (χ1n) is 9.19. The minimum absolute atomic E-state index is 0.159. The summed E-state index contributed by atoms with van der Waals surface area (Å²) in [5.74, 6) is -1.29. The molecule has 7 heteroatoms. The van der Waals surface area contributed by atoms with E-state index in [1.807, 2.05) is 11.8 Å². The quantitative estimate of drug-likeness (QED) is 0.477. The number of rotatable bonds is 6. The predicted octanol–water partition coefficient (Wildman–Crippen LogP) is 2.75. The van der Waals surface area contributed by atoms with Gasteiger partial charge in [0.2, 0.25) is 0 Å². The number of likely N-dealkylation sites (tertiary alicyclic amines) is 1. The highest BCUT2D eigenvalue weighted by atomic mass is 19.2. The second-order valence-electron chi connectivity index (χ2n) is 6.24. The molecule has 1 aliphatic heterocycles. The molecule has 1 aromatic carbocycles. The molecule has 26 heavy (non-hydrogen) atoms. The van der Waals surface area contributed by atoms with E-state index in [0.29, 0.717) is 44.2 Å². The van der Waals surface area contributed by atoms with Gasteiger partial charge in [-0.05, 0) is 44.7 Å². The molecule has 0 radical (unpaired) electrons. The third kappa shape index (κ3) is 5.41. The lowest BCUT2D eigenvalue weighted by Crippen LogP contribution is -2.48. The van der Waals surface area contributed by atoms with E-state index in [4.69, 9.17) is 4.74 Å². The van der Waals surface area contributed by atoms with Crippen molar-refractivity contribution < 1.29 is 18.3 Å². The van der Waals surface area contributed by atoms with Gasteiger partial charge in [-0.25, -0.2) is 8.78 Å². The number of guanidine groups is 1. The minimum atomic E-state index is -0.841. The van der Waals surface area contributed by atoms with Gasteiger partial charge in [-0.15, -0.1) is 0 Å².